The highest BCUT2D eigenvalue weighted by Crippen LogP contribution is 2.19. The molecule has 2 unspecified atom stereocenters. The third-order valence-corrected chi connectivity index (χ3v) is 15.2. The molecule has 0 aliphatic heterocycles. The Balaban J connectivity index is 3.37. The zero-order valence-electron chi connectivity index (χ0n) is 47.1. The fourth-order valence-corrected chi connectivity index (χ4v) is 10.3. The van der Waals surface area contributed by atoms with Crippen LogP contribution >= 0.6 is 0 Å². The van der Waals surface area contributed by atoms with Gasteiger partial charge in [-0.1, -0.05) is 328 Å². The molecule has 3 N–H and O–H groups in total. The Bertz CT molecular complexity index is 990. The van der Waals surface area contributed by atoms with Gasteiger partial charge in [0.05, 0.1) is 25.4 Å². The zero-order valence-corrected chi connectivity index (χ0v) is 47.1. The van der Waals surface area contributed by atoms with Gasteiger partial charge in [-0.15, -0.1) is 0 Å². The van der Waals surface area contributed by atoms with Crippen LogP contribution in [0.2, 0.25) is 0 Å². The molecule has 6 heteroatoms. The van der Waals surface area contributed by atoms with Crippen LogP contribution in [0.3, 0.4) is 0 Å². The van der Waals surface area contributed by atoms with Crippen molar-refractivity contribution in [1.82, 2.24) is 5.32 Å². The summed E-state index contributed by atoms with van der Waals surface area (Å²) in [5.41, 5.74) is 0. The van der Waals surface area contributed by atoms with Gasteiger partial charge in [0, 0.05) is 12.8 Å². The van der Waals surface area contributed by atoms with Crippen molar-refractivity contribution in [2.24, 2.45) is 0 Å². The van der Waals surface area contributed by atoms with Gasteiger partial charge in [-0.05, 0) is 25.7 Å². The molecular formula is C63H125NO5. The lowest BCUT2D eigenvalue weighted by atomic mass is 10.0. The van der Waals surface area contributed by atoms with E-state index in [1.165, 1.54) is 295 Å². The van der Waals surface area contributed by atoms with Crippen LogP contribution in [0.25, 0.3) is 0 Å². The van der Waals surface area contributed by atoms with Crippen LogP contribution in [0.1, 0.15) is 367 Å². The minimum atomic E-state index is -0.664. The van der Waals surface area contributed by atoms with Crippen molar-refractivity contribution < 1.29 is 24.5 Å². The van der Waals surface area contributed by atoms with Crippen molar-refractivity contribution >= 4 is 11.9 Å². The maximum Gasteiger partial charge on any atom is 0.305 e. The number of rotatable bonds is 60. The molecule has 0 radical (unpaired) electrons. The van der Waals surface area contributed by atoms with Gasteiger partial charge < -0.3 is 20.3 Å². The molecule has 2 atom stereocenters. The molecular weight excluding hydrogens is 851 g/mol. The molecule has 0 heterocycles. The number of aliphatic hydroxyl groups excluding tert-OH is 2. The van der Waals surface area contributed by atoms with Crippen molar-refractivity contribution in [2.75, 3.05) is 13.2 Å². The number of unbranched alkanes of at least 4 members (excludes halogenated alkanes) is 49. The predicted molar refractivity (Wildman–Crippen MR) is 301 cm³/mol. The van der Waals surface area contributed by atoms with Crippen molar-refractivity contribution in [3.8, 4) is 0 Å². The van der Waals surface area contributed by atoms with Crippen molar-refractivity contribution in [2.45, 2.75) is 379 Å². The third-order valence-electron chi connectivity index (χ3n) is 15.2. The van der Waals surface area contributed by atoms with Crippen molar-refractivity contribution in [3.63, 3.8) is 0 Å². The first-order valence-corrected chi connectivity index (χ1v) is 31.8. The SMILES string of the molecule is CCCCCCCCCCCCCCCCCCCC(O)C(CO)NC(=O)CCCCCCCCCCCCCCCCCCCCCCOC(=O)CCCCCCCCCCCCCCCCC. The Hall–Kier alpha value is -1.14. The molecule has 0 aromatic carbocycles. The van der Waals surface area contributed by atoms with E-state index in [0.29, 0.717) is 25.9 Å². The first-order chi connectivity index (χ1) is 34.0. The van der Waals surface area contributed by atoms with Crippen molar-refractivity contribution in [3.05, 3.63) is 0 Å². The van der Waals surface area contributed by atoms with Crippen LogP contribution in [0.5, 0.6) is 0 Å². The zero-order chi connectivity index (χ0) is 50.0. The number of hydrogen-bond acceptors (Lipinski definition) is 5. The lowest BCUT2D eigenvalue weighted by molar-refractivity contribution is -0.143. The number of esters is 1. The van der Waals surface area contributed by atoms with E-state index in [-0.39, 0.29) is 18.5 Å². The molecule has 0 aromatic heterocycles. The molecule has 0 aliphatic carbocycles. The third kappa shape index (κ3) is 56.0. The first-order valence-electron chi connectivity index (χ1n) is 31.8. The van der Waals surface area contributed by atoms with E-state index in [9.17, 15) is 19.8 Å². The summed E-state index contributed by atoms with van der Waals surface area (Å²) in [4.78, 5) is 24.6. The number of amides is 1. The molecule has 0 fully saturated rings. The number of hydrogen-bond donors (Lipinski definition) is 3. The quantitative estimate of drug-likeness (QED) is 0.0417. The van der Waals surface area contributed by atoms with E-state index in [1.54, 1.807) is 0 Å². The molecule has 1 amide bonds. The maximum atomic E-state index is 12.5. The number of nitrogens with one attached hydrogen (secondary N) is 1. The fourth-order valence-electron chi connectivity index (χ4n) is 10.3. The number of carbonyl (C=O) groups excluding carboxylic acids is 2. The van der Waals surface area contributed by atoms with E-state index in [0.717, 1.165) is 38.5 Å². The second kappa shape index (κ2) is 59.4. The second-order valence-electron chi connectivity index (χ2n) is 22.1. The Morgan fingerprint density at radius 2 is 0.594 bits per heavy atom. The predicted octanol–water partition coefficient (Wildman–Crippen LogP) is 19.9. The minimum absolute atomic E-state index is 0.0147. The van der Waals surface area contributed by atoms with Gasteiger partial charge in [-0.2, -0.15) is 0 Å². The van der Waals surface area contributed by atoms with Crippen LogP contribution in [0.15, 0.2) is 0 Å². The molecule has 6 nitrogen and oxygen atoms in total. The van der Waals surface area contributed by atoms with Gasteiger partial charge in [0.15, 0.2) is 0 Å². The molecule has 69 heavy (non-hydrogen) atoms. The summed E-state index contributed by atoms with van der Waals surface area (Å²) in [6, 6.07) is -0.542. The maximum absolute atomic E-state index is 12.5. The lowest BCUT2D eigenvalue weighted by Crippen LogP contribution is -2.45. The summed E-state index contributed by atoms with van der Waals surface area (Å²) >= 11 is 0. The molecule has 0 saturated carbocycles. The molecule has 0 rings (SSSR count). The molecule has 0 aliphatic rings. The molecule has 0 bridgehead atoms. The first kappa shape index (κ1) is 67.9. The number of ether oxygens (including phenoxy) is 1. The van der Waals surface area contributed by atoms with Crippen molar-refractivity contribution in [1.29, 1.82) is 0 Å². The Morgan fingerprint density at radius 1 is 0.348 bits per heavy atom. The monoisotopic (exact) mass is 976 g/mol. The number of carbonyl (C=O) groups is 2. The van der Waals surface area contributed by atoms with Gasteiger partial charge in [-0.3, -0.25) is 9.59 Å². The van der Waals surface area contributed by atoms with Crippen LogP contribution in [0, 0.1) is 0 Å². The summed E-state index contributed by atoms with van der Waals surface area (Å²) in [7, 11) is 0. The van der Waals surface area contributed by atoms with Crippen LogP contribution in [-0.4, -0.2) is 47.4 Å². The second-order valence-corrected chi connectivity index (χ2v) is 22.1. The van der Waals surface area contributed by atoms with E-state index in [2.05, 4.69) is 19.2 Å². The van der Waals surface area contributed by atoms with Gasteiger partial charge >= 0.3 is 5.97 Å². The average Bonchev–Trinajstić information content (AvgIpc) is 3.35. The van der Waals surface area contributed by atoms with Gasteiger partial charge in [0.1, 0.15) is 0 Å². The van der Waals surface area contributed by atoms with E-state index in [4.69, 9.17) is 4.74 Å². The Labute approximate surface area is 432 Å². The van der Waals surface area contributed by atoms with Crippen LogP contribution in [-0.2, 0) is 14.3 Å². The normalized spacial score (nSPS) is 12.5. The summed E-state index contributed by atoms with van der Waals surface area (Å²) in [5.74, 6) is -0.0181. The Morgan fingerprint density at radius 3 is 0.884 bits per heavy atom. The summed E-state index contributed by atoms with van der Waals surface area (Å²) in [6.45, 7) is 4.99. The van der Waals surface area contributed by atoms with Gasteiger partial charge in [-0.25, -0.2) is 0 Å². The molecule has 0 spiro atoms. The molecule has 0 aromatic rings. The van der Waals surface area contributed by atoms with E-state index in [1.807, 2.05) is 0 Å². The topological polar surface area (TPSA) is 95.9 Å². The highest BCUT2D eigenvalue weighted by Gasteiger charge is 2.20. The minimum Gasteiger partial charge on any atom is -0.466 e. The van der Waals surface area contributed by atoms with Crippen LogP contribution < -0.4 is 5.32 Å². The largest absolute Gasteiger partial charge is 0.466 e. The van der Waals surface area contributed by atoms with E-state index >= 15 is 0 Å². The Kier molecular flexibility index (Phi) is 58.4. The van der Waals surface area contributed by atoms with Gasteiger partial charge in [0.25, 0.3) is 0 Å². The molecule has 0 saturated heterocycles. The number of aliphatic hydroxyl groups is 2. The average molecular weight is 977 g/mol. The van der Waals surface area contributed by atoms with E-state index < -0.39 is 12.1 Å². The standard InChI is InChI=1S/C63H125NO5/c1-3-5-7-9-11-13-15-17-19-24-28-31-35-39-43-47-51-55-61(66)60(59-65)64-62(67)56-52-48-44-40-36-32-29-25-22-20-21-23-26-30-34-38-42-46-50-54-58-69-63(68)57-53-49-45-41-37-33-27-18-16-14-12-10-8-6-4-2/h60-61,65-66H,3-59H2,1-2H3,(H,64,67). The fraction of sp³-hybridized carbons (Fsp3) is 0.968. The lowest BCUT2D eigenvalue weighted by Gasteiger charge is -2.22. The summed E-state index contributed by atoms with van der Waals surface area (Å²) in [5, 5.41) is 23.3. The van der Waals surface area contributed by atoms with Crippen LogP contribution in [0.4, 0.5) is 0 Å². The summed E-state index contributed by atoms with van der Waals surface area (Å²) in [6.07, 6.45) is 69.7. The smallest absolute Gasteiger partial charge is 0.305 e. The summed E-state index contributed by atoms with van der Waals surface area (Å²) < 4.78 is 5.49. The van der Waals surface area contributed by atoms with Gasteiger partial charge in [0.2, 0.25) is 5.91 Å². The highest BCUT2D eigenvalue weighted by atomic mass is 16.5. The molecule has 412 valence electrons. The highest BCUT2D eigenvalue weighted by molar-refractivity contribution is 5.76.